The zero-order chi connectivity index (χ0) is 18.1. The van der Waals surface area contributed by atoms with Gasteiger partial charge in [0.25, 0.3) is 0 Å². The summed E-state index contributed by atoms with van der Waals surface area (Å²) in [5, 5.41) is 3.04. The number of carbonyl (C=O) groups excluding carboxylic acids is 1. The van der Waals surface area contributed by atoms with Crippen LogP contribution in [0, 0.1) is 5.41 Å². The van der Waals surface area contributed by atoms with Crippen molar-refractivity contribution in [1.82, 2.24) is 10.2 Å². The van der Waals surface area contributed by atoms with Crippen molar-refractivity contribution in [1.29, 1.82) is 0 Å². The monoisotopic (exact) mass is 334 g/mol. The Bertz CT molecular complexity index is 618. The number of methoxy groups -OCH3 is 2. The molecule has 1 heterocycles. The molecule has 1 aliphatic rings. The zero-order valence-electron chi connectivity index (χ0n) is 15.9. The second-order valence-corrected chi connectivity index (χ2v) is 8.32. The zero-order valence-corrected chi connectivity index (χ0v) is 15.9. The van der Waals surface area contributed by atoms with Gasteiger partial charge in [0.05, 0.1) is 14.2 Å². The van der Waals surface area contributed by atoms with Crippen LogP contribution in [0.4, 0.5) is 4.79 Å². The number of fused-ring (bicyclic) bond motifs is 1. The number of rotatable bonds is 3. The second-order valence-electron chi connectivity index (χ2n) is 8.32. The lowest BCUT2D eigenvalue weighted by Gasteiger charge is -2.40. The molecule has 5 nitrogen and oxygen atoms in total. The smallest absolute Gasteiger partial charge is 0.317 e. The largest absolute Gasteiger partial charge is 0.493 e. The molecule has 0 unspecified atom stereocenters. The van der Waals surface area contributed by atoms with E-state index in [1.807, 2.05) is 17.0 Å². The van der Waals surface area contributed by atoms with E-state index in [2.05, 4.69) is 39.9 Å². The first-order chi connectivity index (χ1) is 11.1. The van der Waals surface area contributed by atoms with Gasteiger partial charge in [0.1, 0.15) is 0 Å². The fraction of sp³-hybridized carbons (Fsp3) is 0.632. The Morgan fingerprint density at radius 3 is 2.33 bits per heavy atom. The van der Waals surface area contributed by atoms with Crippen molar-refractivity contribution in [2.24, 2.45) is 5.41 Å². The Labute approximate surface area is 145 Å². The van der Waals surface area contributed by atoms with Gasteiger partial charge in [-0.2, -0.15) is 0 Å². The minimum Gasteiger partial charge on any atom is -0.493 e. The van der Waals surface area contributed by atoms with Crippen LogP contribution in [0.2, 0.25) is 0 Å². The van der Waals surface area contributed by atoms with E-state index >= 15 is 0 Å². The molecular formula is C19H30N2O3. The average molecular weight is 334 g/mol. The van der Waals surface area contributed by atoms with Crippen LogP contribution in [0.5, 0.6) is 11.5 Å². The first-order valence-electron chi connectivity index (χ1n) is 8.35. The Balaban J connectivity index is 2.27. The molecule has 0 spiro atoms. The number of benzene rings is 1. The Morgan fingerprint density at radius 2 is 1.79 bits per heavy atom. The summed E-state index contributed by atoms with van der Waals surface area (Å²) in [7, 11) is 3.28. The van der Waals surface area contributed by atoms with Crippen molar-refractivity contribution in [3.63, 3.8) is 0 Å². The van der Waals surface area contributed by atoms with Crippen LogP contribution >= 0.6 is 0 Å². The topological polar surface area (TPSA) is 50.8 Å². The summed E-state index contributed by atoms with van der Waals surface area (Å²) in [5.41, 5.74) is 2.23. The maximum atomic E-state index is 12.6. The molecule has 1 aromatic rings. The summed E-state index contributed by atoms with van der Waals surface area (Å²) >= 11 is 0. The third-order valence-corrected chi connectivity index (χ3v) is 4.34. The molecule has 134 valence electrons. The van der Waals surface area contributed by atoms with E-state index in [0.717, 1.165) is 11.3 Å². The number of hydrogen-bond donors (Lipinski definition) is 1. The number of urea groups is 1. The molecular weight excluding hydrogens is 304 g/mol. The molecule has 2 rings (SSSR count). The molecule has 1 aromatic carbocycles. The van der Waals surface area contributed by atoms with E-state index < -0.39 is 0 Å². The predicted molar refractivity (Wildman–Crippen MR) is 95.8 cm³/mol. The van der Waals surface area contributed by atoms with Gasteiger partial charge in [-0.3, -0.25) is 0 Å². The highest BCUT2D eigenvalue weighted by molar-refractivity contribution is 5.75. The summed E-state index contributed by atoms with van der Waals surface area (Å²) in [6.07, 6.45) is 0. The molecule has 0 aromatic heterocycles. The fourth-order valence-corrected chi connectivity index (χ4v) is 3.10. The van der Waals surface area contributed by atoms with Crippen molar-refractivity contribution in [3.8, 4) is 11.5 Å². The molecule has 0 bridgehead atoms. The lowest BCUT2D eigenvalue weighted by atomic mass is 9.78. The third kappa shape index (κ3) is 3.94. The normalized spacial score (nSPS) is 16.4. The molecule has 0 aliphatic carbocycles. The highest BCUT2D eigenvalue weighted by atomic mass is 16.5. The molecule has 5 heteroatoms. The molecule has 0 radical (unpaired) electrons. The van der Waals surface area contributed by atoms with Crippen LogP contribution in [-0.4, -0.2) is 38.2 Å². The first kappa shape index (κ1) is 18.4. The van der Waals surface area contributed by atoms with E-state index in [-0.39, 0.29) is 16.9 Å². The van der Waals surface area contributed by atoms with E-state index in [0.29, 0.717) is 25.4 Å². The quantitative estimate of drug-likeness (QED) is 0.919. The third-order valence-electron chi connectivity index (χ3n) is 4.34. The minimum absolute atomic E-state index is 0.0153. The Hall–Kier alpha value is -1.91. The van der Waals surface area contributed by atoms with E-state index in [9.17, 15) is 4.79 Å². The summed E-state index contributed by atoms with van der Waals surface area (Å²) in [4.78, 5) is 14.5. The SMILES string of the molecule is COc1cc2c(cc1OC)C(C)(C)CN(C(=O)NCC(C)(C)C)C2. The number of nitrogens with one attached hydrogen (secondary N) is 1. The van der Waals surface area contributed by atoms with Crippen LogP contribution in [0.3, 0.4) is 0 Å². The van der Waals surface area contributed by atoms with Crippen LogP contribution < -0.4 is 14.8 Å². The van der Waals surface area contributed by atoms with Crippen molar-refractivity contribution in [3.05, 3.63) is 23.3 Å². The van der Waals surface area contributed by atoms with Gasteiger partial charge in [0, 0.05) is 25.0 Å². The molecule has 24 heavy (non-hydrogen) atoms. The van der Waals surface area contributed by atoms with Gasteiger partial charge in [-0.05, 0) is 28.7 Å². The summed E-state index contributed by atoms with van der Waals surface area (Å²) in [6.45, 7) is 12.5. The molecule has 1 aliphatic heterocycles. The predicted octanol–water partition coefficient (Wildman–Crippen LogP) is 3.55. The number of nitrogens with zero attached hydrogens (tertiary/aromatic N) is 1. The van der Waals surface area contributed by atoms with Gasteiger partial charge in [-0.1, -0.05) is 34.6 Å². The van der Waals surface area contributed by atoms with Crippen LogP contribution in [-0.2, 0) is 12.0 Å². The van der Waals surface area contributed by atoms with Crippen LogP contribution in [0.25, 0.3) is 0 Å². The Kier molecular flexibility index (Phi) is 5.02. The highest BCUT2D eigenvalue weighted by Crippen LogP contribution is 2.40. The average Bonchev–Trinajstić information content (AvgIpc) is 2.49. The lowest BCUT2D eigenvalue weighted by molar-refractivity contribution is 0.169. The molecule has 0 saturated carbocycles. The lowest BCUT2D eigenvalue weighted by Crippen LogP contribution is -2.50. The standard InChI is InChI=1S/C19H30N2O3/c1-18(2,3)11-20-17(22)21-10-13-8-15(23-6)16(24-7)9-14(13)19(4,5)12-21/h8-9H,10-12H2,1-7H3,(H,20,22). The molecule has 1 N–H and O–H groups in total. The van der Waals surface area contributed by atoms with Crippen molar-refractivity contribution in [2.45, 2.75) is 46.6 Å². The summed E-state index contributed by atoms with van der Waals surface area (Å²) in [6, 6.07) is 4.01. The molecule has 2 amide bonds. The number of carbonyl (C=O) groups is 1. The van der Waals surface area contributed by atoms with Crippen molar-refractivity contribution in [2.75, 3.05) is 27.3 Å². The molecule has 0 atom stereocenters. The Morgan fingerprint density at radius 1 is 1.21 bits per heavy atom. The van der Waals surface area contributed by atoms with Crippen molar-refractivity contribution < 1.29 is 14.3 Å². The second kappa shape index (κ2) is 6.54. The highest BCUT2D eigenvalue weighted by Gasteiger charge is 2.35. The first-order valence-corrected chi connectivity index (χ1v) is 8.35. The molecule has 0 fully saturated rings. The summed E-state index contributed by atoms with van der Waals surface area (Å²) < 4.78 is 10.8. The van der Waals surface area contributed by atoms with Gasteiger partial charge < -0.3 is 19.7 Å². The van der Waals surface area contributed by atoms with Gasteiger partial charge >= 0.3 is 6.03 Å². The van der Waals surface area contributed by atoms with Gasteiger partial charge in [0.15, 0.2) is 11.5 Å². The van der Waals surface area contributed by atoms with Crippen molar-refractivity contribution >= 4 is 6.03 Å². The van der Waals surface area contributed by atoms with E-state index in [1.54, 1.807) is 14.2 Å². The minimum atomic E-state index is -0.147. The van der Waals surface area contributed by atoms with Gasteiger partial charge in [0.2, 0.25) is 0 Å². The van der Waals surface area contributed by atoms with E-state index in [4.69, 9.17) is 9.47 Å². The van der Waals surface area contributed by atoms with Gasteiger partial charge in [-0.25, -0.2) is 4.79 Å². The number of ether oxygens (including phenoxy) is 2. The summed E-state index contributed by atoms with van der Waals surface area (Å²) in [5.74, 6) is 1.43. The molecule has 0 saturated heterocycles. The van der Waals surface area contributed by atoms with E-state index in [1.165, 1.54) is 5.56 Å². The maximum absolute atomic E-state index is 12.6. The maximum Gasteiger partial charge on any atom is 0.317 e. The number of amides is 2. The number of hydrogen-bond acceptors (Lipinski definition) is 3. The fourth-order valence-electron chi connectivity index (χ4n) is 3.10. The van der Waals surface area contributed by atoms with Crippen LogP contribution in [0.1, 0.15) is 45.7 Å². The van der Waals surface area contributed by atoms with Gasteiger partial charge in [-0.15, -0.1) is 0 Å². The van der Waals surface area contributed by atoms with Crippen LogP contribution in [0.15, 0.2) is 12.1 Å².